The van der Waals surface area contributed by atoms with Crippen LogP contribution in [0.15, 0.2) is 5.18 Å². The van der Waals surface area contributed by atoms with Crippen molar-refractivity contribution in [1.29, 1.82) is 0 Å². The van der Waals surface area contributed by atoms with E-state index in [0.717, 1.165) is 0 Å². The topological polar surface area (TPSA) is 92.7 Å². The molecule has 0 aromatic rings. The van der Waals surface area contributed by atoms with E-state index in [9.17, 15) is 9.70 Å². The minimum Gasteiger partial charge on any atom is -0.382 e. The Kier molecular flexibility index (Phi) is 14.4. The van der Waals surface area contributed by atoms with Crippen molar-refractivity contribution in [2.75, 3.05) is 66.6 Å². The number of carbonyl (C=O) groups excluding carboxylic acids is 1. The zero-order valence-electron chi connectivity index (χ0n) is 11.2. The molecule has 112 valence electrons. The highest BCUT2D eigenvalue weighted by Crippen LogP contribution is 1.84. The summed E-state index contributed by atoms with van der Waals surface area (Å²) in [7, 11) is 1.62. The standard InChI is InChI=1S/C11H21NO7/c1-15-2-3-16-4-5-17-6-7-18-8-9-19-10-11(13)12-14/h2-10H2,1H3. The zero-order chi connectivity index (χ0) is 14.2. The normalized spacial score (nSPS) is 10.6. The monoisotopic (exact) mass is 279 g/mol. The quantitative estimate of drug-likeness (QED) is 0.326. The molecule has 0 aliphatic heterocycles. The van der Waals surface area contributed by atoms with Crippen LogP contribution in [0.3, 0.4) is 0 Å². The van der Waals surface area contributed by atoms with Gasteiger partial charge >= 0.3 is 5.91 Å². The Morgan fingerprint density at radius 1 is 0.789 bits per heavy atom. The minimum atomic E-state index is -0.822. The predicted molar refractivity (Wildman–Crippen MR) is 66.0 cm³/mol. The van der Waals surface area contributed by atoms with Gasteiger partial charge in [-0.1, -0.05) is 0 Å². The van der Waals surface area contributed by atoms with Crippen LogP contribution in [-0.2, 0) is 28.5 Å². The van der Waals surface area contributed by atoms with Crippen molar-refractivity contribution in [2.24, 2.45) is 5.18 Å². The van der Waals surface area contributed by atoms with Crippen molar-refractivity contribution in [3.8, 4) is 0 Å². The van der Waals surface area contributed by atoms with Crippen molar-refractivity contribution < 1.29 is 28.5 Å². The van der Waals surface area contributed by atoms with Gasteiger partial charge in [0.25, 0.3) is 0 Å². The number of nitroso groups, excluding NO2 is 1. The summed E-state index contributed by atoms with van der Waals surface area (Å²) < 4.78 is 25.2. The van der Waals surface area contributed by atoms with Gasteiger partial charge in [-0.05, 0) is 0 Å². The molecule has 0 N–H and O–H groups in total. The van der Waals surface area contributed by atoms with Gasteiger partial charge in [0.05, 0.1) is 52.9 Å². The predicted octanol–water partition coefficient (Wildman–Crippen LogP) is -0.00780. The van der Waals surface area contributed by atoms with Crippen molar-refractivity contribution in [3.05, 3.63) is 4.91 Å². The lowest BCUT2D eigenvalue weighted by molar-refractivity contribution is -0.123. The average Bonchev–Trinajstić information content (AvgIpc) is 2.43. The number of ether oxygens (including phenoxy) is 5. The summed E-state index contributed by atoms with van der Waals surface area (Å²) in [5.41, 5.74) is 0. The molecular formula is C11H21NO7. The van der Waals surface area contributed by atoms with Crippen LogP contribution < -0.4 is 0 Å². The fourth-order valence-electron chi connectivity index (χ4n) is 0.988. The van der Waals surface area contributed by atoms with E-state index >= 15 is 0 Å². The van der Waals surface area contributed by atoms with Gasteiger partial charge in [0, 0.05) is 12.3 Å². The lowest BCUT2D eigenvalue weighted by Gasteiger charge is -2.06. The highest BCUT2D eigenvalue weighted by molar-refractivity contribution is 5.77. The Balaban J connectivity index is 2.99. The van der Waals surface area contributed by atoms with Crippen LogP contribution in [-0.4, -0.2) is 72.5 Å². The van der Waals surface area contributed by atoms with E-state index in [1.54, 1.807) is 7.11 Å². The maximum absolute atomic E-state index is 10.4. The first-order chi connectivity index (χ1) is 9.31. The van der Waals surface area contributed by atoms with Crippen LogP contribution in [0, 0.1) is 4.91 Å². The molecule has 0 unspecified atom stereocenters. The lowest BCUT2D eigenvalue weighted by Crippen LogP contribution is -2.14. The minimum absolute atomic E-state index is 0.237. The summed E-state index contributed by atoms with van der Waals surface area (Å²) in [6, 6.07) is 0. The number of hydrogen-bond acceptors (Lipinski definition) is 7. The largest absolute Gasteiger partial charge is 0.382 e. The van der Waals surface area contributed by atoms with Crippen LogP contribution in [0.5, 0.6) is 0 Å². The van der Waals surface area contributed by atoms with Crippen LogP contribution in [0.25, 0.3) is 0 Å². The summed E-state index contributed by atoms with van der Waals surface area (Å²) in [4.78, 5) is 20.1. The van der Waals surface area contributed by atoms with Gasteiger partial charge in [-0.25, -0.2) is 0 Å². The van der Waals surface area contributed by atoms with E-state index < -0.39 is 5.91 Å². The third kappa shape index (κ3) is 15.0. The zero-order valence-corrected chi connectivity index (χ0v) is 11.2. The molecule has 8 heteroatoms. The Morgan fingerprint density at radius 3 is 1.63 bits per heavy atom. The molecule has 0 heterocycles. The van der Waals surface area contributed by atoms with E-state index in [-0.39, 0.29) is 13.2 Å². The lowest BCUT2D eigenvalue weighted by atomic mass is 10.6. The fraction of sp³-hybridized carbons (Fsp3) is 0.909. The number of methoxy groups -OCH3 is 1. The first-order valence-electron chi connectivity index (χ1n) is 5.97. The molecule has 19 heavy (non-hydrogen) atoms. The second-order valence-electron chi connectivity index (χ2n) is 3.37. The van der Waals surface area contributed by atoms with Crippen LogP contribution in [0.2, 0.25) is 0 Å². The molecular weight excluding hydrogens is 258 g/mol. The molecule has 0 atom stereocenters. The average molecular weight is 279 g/mol. The van der Waals surface area contributed by atoms with Gasteiger partial charge in [-0.3, -0.25) is 4.79 Å². The number of amides is 1. The Morgan fingerprint density at radius 2 is 1.21 bits per heavy atom. The van der Waals surface area contributed by atoms with Crippen LogP contribution in [0.1, 0.15) is 0 Å². The summed E-state index contributed by atoms with van der Waals surface area (Å²) >= 11 is 0. The third-order valence-corrected chi connectivity index (χ3v) is 1.88. The van der Waals surface area contributed by atoms with Gasteiger partial charge in [-0.2, -0.15) is 0 Å². The number of rotatable bonds is 14. The summed E-state index contributed by atoms with van der Waals surface area (Å²) in [5, 5.41) is 2.19. The van der Waals surface area contributed by atoms with E-state index in [0.29, 0.717) is 46.2 Å². The van der Waals surface area contributed by atoms with Crippen molar-refractivity contribution in [1.82, 2.24) is 0 Å². The SMILES string of the molecule is COCCOCCOCCOCCOCC(=O)N=O. The molecule has 0 fully saturated rings. The van der Waals surface area contributed by atoms with Gasteiger partial charge in [0.15, 0.2) is 0 Å². The molecule has 0 saturated carbocycles. The Labute approximate surface area is 112 Å². The van der Waals surface area contributed by atoms with Crippen LogP contribution >= 0.6 is 0 Å². The van der Waals surface area contributed by atoms with E-state index in [1.165, 1.54) is 0 Å². The maximum atomic E-state index is 10.4. The Hall–Kier alpha value is -0.930. The molecule has 0 aromatic heterocycles. The first-order valence-corrected chi connectivity index (χ1v) is 5.97. The van der Waals surface area contributed by atoms with Gasteiger partial charge < -0.3 is 23.7 Å². The number of hydrogen-bond donors (Lipinski definition) is 0. The van der Waals surface area contributed by atoms with Crippen molar-refractivity contribution in [2.45, 2.75) is 0 Å². The Bertz CT molecular complexity index is 225. The molecule has 0 rings (SSSR count). The second-order valence-corrected chi connectivity index (χ2v) is 3.37. The molecule has 8 nitrogen and oxygen atoms in total. The molecule has 0 saturated heterocycles. The van der Waals surface area contributed by atoms with Crippen LogP contribution in [0.4, 0.5) is 0 Å². The van der Waals surface area contributed by atoms with E-state index in [4.69, 9.17) is 23.7 Å². The maximum Gasteiger partial charge on any atom is 0.311 e. The van der Waals surface area contributed by atoms with Gasteiger partial charge in [-0.15, -0.1) is 4.91 Å². The summed E-state index contributed by atoms with van der Waals surface area (Å²) in [6.45, 7) is 3.32. The van der Waals surface area contributed by atoms with Gasteiger partial charge in [0.2, 0.25) is 0 Å². The smallest absolute Gasteiger partial charge is 0.311 e. The van der Waals surface area contributed by atoms with E-state index in [2.05, 4.69) is 5.18 Å². The molecule has 0 radical (unpaired) electrons. The molecule has 0 spiro atoms. The molecule has 0 bridgehead atoms. The second kappa shape index (κ2) is 15.1. The third-order valence-electron chi connectivity index (χ3n) is 1.88. The summed E-state index contributed by atoms with van der Waals surface area (Å²) in [5.74, 6) is -0.822. The highest BCUT2D eigenvalue weighted by Gasteiger charge is 1.99. The molecule has 0 aromatic carbocycles. The molecule has 0 aliphatic carbocycles. The van der Waals surface area contributed by atoms with E-state index in [1.807, 2.05) is 0 Å². The van der Waals surface area contributed by atoms with Crippen molar-refractivity contribution in [3.63, 3.8) is 0 Å². The molecule has 0 aliphatic rings. The van der Waals surface area contributed by atoms with Crippen molar-refractivity contribution >= 4 is 5.91 Å². The fourth-order valence-corrected chi connectivity index (χ4v) is 0.988. The number of nitrogens with zero attached hydrogens (tertiary/aromatic N) is 1. The highest BCUT2D eigenvalue weighted by atomic mass is 16.6. The summed E-state index contributed by atoms with van der Waals surface area (Å²) in [6.07, 6.45) is 0. The number of carbonyl (C=O) groups is 1. The molecule has 1 amide bonds. The first kappa shape index (κ1) is 18.1. The van der Waals surface area contributed by atoms with Gasteiger partial charge in [0.1, 0.15) is 6.61 Å².